The van der Waals surface area contributed by atoms with E-state index in [9.17, 15) is 4.79 Å². The highest BCUT2D eigenvalue weighted by Crippen LogP contribution is 2.58. The molecule has 3 aliphatic rings. The average Bonchev–Trinajstić information content (AvgIpc) is 3.75. The summed E-state index contributed by atoms with van der Waals surface area (Å²) in [5.41, 5.74) is 3.41. The van der Waals surface area contributed by atoms with Crippen LogP contribution in [0.4, 0.5) is 0 Å². The van der Waals surface area contributed by atoms with Crippen molar-refractivity contribution in [3.8, 4) is 5.75 Å². The molecule has 0 amide bonds. The largest absolute Gasteiger partial charge is 0.491 e. The summed E-state index contributed by atoms with van der Waals surface area (Å²) in [6.45, 7) is 9.69. The van der Waals surface area contributed by atoms with Gasteiger partial charge in [0, 0.05) is 19.1 Å². The van der Waals surface area contributed by atoms with E-state index in [1.165, 1.54) is 37.3 Å². The zero-order chi connectivity index (χ0) is 26.1. The van der Waals surface area contributed by atoms with Gasteiger partial charge in [-0.25, -0.2) is 4.79 Å². The molecule has 0 radical (unpaired) electrons. The van der Waals surface area contributed by atoms with E-state index in [0.29, 0.717) is 17.8 Å². The van der Waals surface area contributed by atoms with Gasteiger partial charge >= 0.3 is 5.97 Å². The lowest BCUT2D eigenvalue weighted by Gasteiger charge is -2.32. The zero-order valence-electron chi connectivity index (χ0n) is 21.8. The number of aryl methyl sites for hydroxylation is 1. The van der Waals surface area contributed by atoms with Crippen LogP contribution in [0.2, 0.25) is 0 Å². The van der Waals surface area contributed by atoms with E-state index < -0.39 is 5.97 Å². The maximum atomic E-state index is 10.3. The van der Waals surface area contributed by atoms with E-state index in [0.717, 1.165) is 37.3 Å². The van der Waals surface area contributed by atoms with E-state index in [1.807, 2.05) is 13.0 Å². The normalized spacial score (nSPS) is 28.3. The molecule has 7 heteroatoms. The Morgan fingerprint density at radius 1 is 1.26 bits per heavy atom. The SMILES string of the molecule is CC(C)=CCC1OC1(C)C1CCCCC12CO2.CO.Cc1cc(/C=C/C(=O)O)ccc1OCCO. The fraction of sp³-hybridized carbons (Fsp3) is 0.607. The van der Waals surface area contributed by atoms with E-state index in [-0.39, 0.29) is 24.4 Å². The quantitative estimate of drug-likeness (QED) is 0.279. The van der Waals surface area contributed by atoms with Crippen molar-refractivity contribution >= 4 is 12.0 Å². The number of benzene rings is 1. The summed E-state index contributed by atoms with van der Waals surface area (Å²) in [6, 6.07) is 5.35. The number of carboxylic acids is 1. The number of rotatable bonds is 8. The molecule has 0 aromatic heterocycles. The molecule has 3 fully saturated rings. The maximum Gasteiger partial charge on any atom is 0.328 e. The van der Waals surface area contributed by atoms with Crippen molar-refractivity contribution in [1.29, 1.82) is 0 Å². The molecule has 7 nitrogen and oxygen atoms in total. The third-order valence-electron chi connectivity index (χ3n) is 6.87. The van der Waals surface area contributed by atoms with E-state index in [4.69, 9.17) is 29.5 Å². The highest BCUT2D eigenvalue weighted by molar-refractivity contribution is 5.85. The van der Waals surface area contributed by atoms with Gasteiger partial charge in [0.05, 0.1) is 30.5 Å². The van der Waals surface area contributed by atoms with Gasteiger partial charge in [0.1, 0.15) is 12.4 Å². The second-order valence-electron chi connectivity index (χ2n) is 9.73. The summed E-state index contributed by atoms with van der Waals surface area (Å²) in [7, 11) is 1.00. The third kappa shape index (κ3) is 8.17. The van der Waals surface area contributed by atoms with Crippen LogP contribution in [0.15, 0.2) is 35.9 Å². The molecule has 1 aromatic rings. The first-order valence-electron chi connectivity index (χ1n) is 12.4. The van der Waals surface area contributed by atoms with Gasteiger partial charge in [0.25, 0.3) is 0 Å². The van der Waals surface area contributed by atoms with E-state index >= 15 is 0 Å². The summed E-state index contributed by atoms with van der Waals surface area (Å²) in [4.78, 5) is 10.3. The topological polar surface area (TPSA) is 112 Å². The van der Waals surface area contributed by atoms with Crippen LogP contribution in [-0.2, 0) is 14.3 Å². The van der Waals surface area contributed by atoms with Crippen molar-refractivity contribution < 1.29 is 34.3 Å². The fourth-order valence-electron chi connectivity index (χ4n) is 4.92. The Labute approximate surface area is 209 Å². The number of aliphatic hydroxyl groups excluding tert-OH is 2. The molecule has 4 rings (SSSR count). The summed E-state index contributed by atoms with van der Waals surface area (Å²) in [5, 5.41) is 24.1. The molecule has 3 N–H and O–H groups in total. The summed E-state index contributed by atoms with van der Waals surface area (Å²) >= 11 is 0. The Hall–Kier alpha value is -2.19. The molecular formula is C28H42O7. The Morgan fingerprint density at radius 3 is 2.54 bits per heavy atom. The molecule has 2 saturated heterocycles. The molecular weight excluding hydrogens is 448 g/mol. The lowest BCUT2D eigenvalue weighted by atomic mass is 9.71. The first kappa shape index (κ1) is 29.0. The second kappa shape index (κ2) is 13.2. The van der Waals surface area contributed by atoms with Crippen LogP contribution in [0.1, 0.15) is 64.0 Å². The van der Waals surface area contributed by atoms with Crippen LogP contribution in [0.25, 0.3) is 6.08 Å². The van der Waals surface area contributed by atoms with Crippen molar-refractivity contribution in [1.82, 2.24) is 0 Å². The monoisotopic (exact) mass is 490 g/mol. The number of allylic oxidation sites excluding steroid dienone is 1. The van der Waals surface area contributed by atoms with Gasteiger partial charge in [-0.2, -0.15) is 0 Å². The van der Waals surface area contributed by atoms with E-state index in [2.05, 4.69) is 26.8 Å². The standard InChI is InChI=1S/C15H24O2.C12H14O4.CH4O/c1-11(2)7-8-13-14(3,17-13)12-6-4-5-9-15(12)10-16-15;1-9-8-10(3-5-12(14)15)2-4-11(9)16-7-6-13;1-2/h7,12-13H,4-6,8-10H2,1-3H3;2-5,8,13H,6-7H2,1H3,(H,14,15);2H,1H3/b;5-3+;. The molecule has 1 aromatic carbocycles. The molecule has 0 bridgehead atoms. The summed E-state index contributed by atoms with van der Waals surface area (Å²) < 4.78 is 17.1. The predicted molar refractivity (Wildman–Crippen MR) is 137 cm³/mol. The number of aliphatic carboxylic acids is 1. The highest BCUT2D eigenvalue weighted by Gasteiger charge is 2.67. The molecule has 1 saturated carbocycles. The van der Waals surface area contributed by atoms with Crippen LogP contribution in [0.5, 0.6) is 5.75 Å². The first-order chi connectivity index (χ1) is 16.7. The number of aliphatic hydroxyl groups is 2. The van der Waals surface area contributed by atoms with Crippen molar-refractivity contribution in [2.45, 2.75) is 77.1 Å². The van der Waals surface area contributed by atoms with Gasteiger partial charge < -0.3 is 29.5 Å². The van der Waals surface area contributed by atoms with Crippen LogP contribution in [0, 0.1) is 12.8 Å². The molecule has 4 unspecified atom stereocenters. The van der Waals surface area contributed by atoms with Crippen molar-refractivity contribution in [2.75, 3.05) is 26.9 Å². The number of carboxylic acid groups (broad SMARTS) is 1. The van der Waals surface area contributed by atoms with Crippen LogP contribution in [-0.4, -0.2) is 65.5 Å². The zero-order valence-corrected chi connectivity index (χ0v) is 21.8. The number of carbonyl (C=O) groups is 1. The first-order valence-corrected chi connectivity index (χ1v) is 12.4. The summed E-state index contributed by atoms with van der Waals surface area (Å²) in [6.07, 6.45) is 11.7. The van der Waals surface area contributed by atoms with Crippen LogP contribution in [0.3, 0.4) is 0 Å². The Bertz CT molecular complexity index is 883. The van der Waals surface area contributed by atoms with Gasteiger partial charge in [-0.3, -0.25) is 0 Å². The van der Waals surface area contributed by atoms with Crippen molar-refractivity contribution in [3.05, 3.63) is 47.1 Å². The Balaban J connectivity index is 0.000000231. The van der Waals surface area contributed by atoms with E-state index in [1.54, 1.807) is 12.1 Å². The second-order valence-corrected chi connectivity index (χ2v) is 9.73. The minimum Gasteiger partial charge on any atom is -0.491 e. The van der Waals surface area contributed by atoms with Crippen molar-refractivity contribution in [3.63, 3.8) is 0 Å². The minimum atomic E-state index is -0.974. The van der Waals surface area contributed by atoms with Gasteiger partial charge in [-0.05, 0) is 76.3 Å². The van der Waals surface area contributed by atoms with Gasteiger partial charge in [-0.1, -0.05) is 30.6 Å². The fourth-order valence-corrected chi connectivity index (χ4v) is 4.92. The minimum absolute atomic E-state index is 0.0277. The summed E-state index contributed by atoms with van der Waals surface area (Å²) in [5.74, 6) is 0.360. The molecule has 1 aliphatic carbocycles. The number of ether oxygens (including phenoxy) is 3. The molecule has 2 heterocycles. The molecule has 2 aliphatic heterocycles. The third-order valence-corrected chi connectivity index (χ3v) is 6.87. The van der Waals surface area contributed by atoms with Crippen LogP contribution >= 0.6 is 0 Å². The highest BCUT2D eigenvalue weighted by atomic mass is 16.6. The smallest absolute Gasteiger partial charge is 0.328 e. The average molecular weight is 491 g/mol. The Morgan fingerprint density at radius 2 is 1.97 bits per heavy atom. The van der Waals surface area contributed by atoms with Crippen molar-refractivity contribution in [2.24, 2.45) is 5.92 Å². The molecule has 35 heavy (non-hydrogen) atoms. The molecule has 4 atom stereocenters. The predicted octanol–water partition coefficient (Wildman–Crippen LogP) is 4.53. The van der Waals surface area contributed by atoms with Gasteiger partial charge in [0.15, 0.2) is 0 Å². The Kier molecular flexibility index (Phi) is 11.0. The lowest BCUT2D eigenvalue weighted by molar-refractivity contribution is -0.131. The van der Waals surface area contributed by atoms with Gasteiger partial charge in [0.2, 0.25) is 0 Å². The van der Waals surface area contributed by atoms with Crippen LogP contribution < -0.4 is 4.74 Å². The molecule has 1 spiro atoms. The number of hydrogen-bond donors (Lipinski definition) is 3. The van der Waals surface area contributed by atoms with Gasteiger partial charge in [-0.15, -0.1) is 0 Å². The number of epoxide rings is 2. The molecule has 196 valence electrons. The lowest BCUT2D eigenvalue weighted by Crippen LogP contribution is -2.39. The number of hydrogen-bond acceptors (Lipinski definition) is 6. The maximum absolute atomic E-state index is 10.3.